The fourth-order valence-corrected chi connectivity index (χ4v) is 5.68. The van der Waals surface area contributed by atoms with Crippen molar-refractivity contribution in [2.45, 2.75) is 24.6 Å². The Morgan fingerprint density at radius 3 is 1.07 bits per heavy atom. The van der Waals surface area contributed by atoms with E-state index in [1.807, 2.05) is 0 Å². The van der Waals surface area contributed by atoms with E-state index in [-0.39, 0.29) is 23.6 Å². The second kappa shape index (κ2) is 7.10. The topological polar surface area (TPSA) is 74.8 Å². The van der Waals surface area contributed by atoms with Crippen LogP contribution in [-0.2, 0) is 0 Å². The normalized spacial score (nSPS) is 17.8. The molecule has 28 heavy (non-hydrogen) atoms. The zero-order valence-electron chi connectivity index (χ0n) is 15.1. The molecule has 0 radical (unpaired) electrons. The second-order valence-electron chi connectivity index (χ2n) is 6.44. The molecule has 0 aliphatic carbocycles. The number of amides is 4. The van der Waals surface area contributed by atoms with Gasteiger partial charge in [-0.2, -0.15) is 0 Å². The summed E-state index contributed by atoms with van der Waals surface area (Å²) in [5.74, 6) is -1.30. The van der Waals surface area contributed by atoms with Crippen molar-refractivity contribution in [3.63, 3.8) is 0 Å². The van der Waals surface area contributed by atoms with Crippen molar-refractivity contribution < 1.29 is 19.2 Å². The molecule has 8 heteroatoms. The van der Waals surface area contributed by atoms with Crippen LogP contribution in [0.1, 0.15) is 55.3 Å². The highest BCUT2D eigenvalue weighted by Crippen LogP contribution is 2.39. The first kappa shape index (κ1) is 18.8. The van der Waals surface area contributed by atoms with E-state index in [1.54, 1.807) is 62.4 Å². The predicted molar refractivity (Wildman–Crippen MR) is 108 cm³/mol. The van der Waals surface area contributed by atoms with E-state index in [1.165, 1.54) is 31.4 Å². The number of benzene rings is 2. The van der Waals surface area contributed by atoms with Gasteiger partial charge in [-0.05, 0) is 38.1 Å². The average Bonchev–Trinajstić information content (AvgIpc) is 3.11. The van der Waals surface area contributed by atoms with Gasteiger partial charge in [0.2, 0.25) is 0 Å². The van der Waals surface area contributed by atoms with Crippen LogP contribution in [0.5, 0.6) is 0 Å². The minimum absolute atomic E-state index is 0.324. The summed E-state index contributed by atoms with van der Waals surface area (Å²) in [4.78, 5) is 52.7. The first-order valence-electron chi connectivity index (χ1n) is 8.67. The van der Waals surface area contributed by atoms with Crippen LogP contribution < -0.4 is 0 Å². The Bertz CT molecular complexity index is 871. The molecule has 2 atom stereocenters. The van der Waals surface area contributed by atoms with Crippen LogP contribution in [0.15, 0.2) is 48.5 Å². The Kier molecular flexibility index (Phi) is 4.76. The number of nitrogens with zero attached hydrogens (tertiary/aromatic N) is 2. The third kappa shape index (κ3) is 2.84. The molecular formula is C20H16N2O4S2. The summed E-state index contributed by atoms with van der Waals surface area (Å²) in [5, 5.41) is -0.898. The second-order valence-corrected chi connectivity index (χ2v) is 9.35. The number of hydrogen-bond donors (Lipinski definition) is 0. The van der Waals surface area contributed by atoms with Crippen LogP contribution in [0.3, 0.4) is 0 Å². The van der Waals surface area contributed by atoms with E-state index >= 15 is 0 Å². The molecule has 2 aromatic carbocycles. The van der Waals surface area contributed by atoms with Gasteiger partial charge in [0, 0.05) is 0 Å². The lowest BCUT2D eigenvalue weighted by Crippen LogP contribution is -2.37. The summed E-state index contributed by atoms with van der Waals surface area (Å²) in [7, 11) is 2.57. The van der Waals surface area contributed by atoms with Crippen molar-refractivity contribution in [2.24, 2.45) is 0 Å². The fraction of sp³-hybridized carbons (Fsp3) is 0.200. The maximum Gasteiger partial charge on any atom is 0.262 e. The lowest BCUT2D eigenvalue weighted by Gasteiger charge is -2.25. The standard InChI is InChI=1S/C20H16N2O4S2/c1-11(21-17(23)13-7-3-4-8-14(13)18(21)24)27-28-12(2)22-19(25)15-9-5-6-10-16(15)20(22)26/h3-12H,1-2H3/t11-,12-/m1/s1. The van der Waals surface area contributed by atoms with Gasteiger partial charge in [0.1, 0.15) is 0 Å². The number of carbonyl (C=O) groups is 4. The van der Waals surface area contributed by atoms with Gasteiger partial charge in [0.25, 0.3) is 23.6 Å². The van der Waals surface area contributed by atoms with Gasteiger partial charge < -0.3 is 0 Å². The number of imide groups is 2. The molecule has 0 saturated heterocycles. The number of rotatable bonds is 5. The fourth-order valence-electron chi connectivity index (χ4n) is 3.32. The molecule has 0 N–H and O–H groups in total. The van der Waals surface area contributed by atoms with Gasteiger partial charge >= 0.3 is 0 Å². The predicted octanol–water partition coefficient (Wildman–Crippen LogP) is 3.65. The van der Waals surface area contributed by atoms with E-state index in [0.717, 1.165) is 0 Å². The smallest absolute Gasteiger partial charge is 0.262 e. The summed E-state index contributed by atoms with van der Waals surface area (Å²) in [6.07, 6.45) is 0. The molecule has 0 saturated carbocycles. The van der Waals surface area contributed by atoms with E-state index < -0.39 is 10.7 Å². The lowest BCUT2D eigenvalue weighted by atomic mass is 10.1. The third-order valence-corrected chi connectivity index (χ3v) is 7.81. The van der Waals surface area contributed by atoms with Gasteiger partial charge in [-0.3, -0.25) is 29.0 Å². The minimum atomic E-state index is -0.449. The first-order chi connectivity index (χ1) is 13.4. The van der Waals surface area contributed by atoms with Crippen molar-refractivity contribution in [1.82, 2.24) is 9.80 Å². The molecule has 2 aliphatic heterocycles. The molecule has 2 heterocycles. The Morgan fingerprint density at radius 1 is 0.571 bits per heavy atom. The molecule has 0 unspecified atom stereocenters. The average molecular weight is 412 g/mol. The molecule has 4 rings (SSSR count). The van der Waals surface area contributed by atoms with E-state index in [4.69, 9.17) is 0 Å². The molecule has 2 aromatic rings. The summed E-state index contributed by atoms with van der Waals surface area (Å²) < 4.78 is 0. The van der Waals surface area contributed by atoms with Gasteiger partial charge in [0.15, 0.2) is 0 Å². The molecular weight excluding hydrogens is 396 g/mol. The van der Waals surface area contributed by atoms with Crippen LogP contribution >= 0.6 is 21.6 Å². The van der Waals surface area contributed by atoms with Crippen molar-refractivity contribution >= 4 is 45.2 Å². The Balaban J connectivity index is 1.44. The lowest BCUT2D eigenvalue weighted by molar-refractivity contribution is 0.0628. The molecule has 0 bridgehead atoms. The summed E-state index contributed by atoms with van der Waals surface area (Å²) in [5.41, 5.74) is 1.60. The molecule has 4 amide bonds. The minimum Gasteiger partial charge on any atom is -0.269 e. The van der Waals surface area contributed by atoms with Crippen molar-refractivity contribution in [2.75, 3.05) is 0 Å². The van der Waals surface area contributed by atoms with E-state index in [2.05, 4.69) is 0 Å². The first-order valence-corrected chi connectivity index (χ1v) is 11.0. The maximum atomic E-state index is 12.6. The summed E-state index contributed by atoms with van der Waals surface area (Å²) >= 11 is 0. The zero-order valence-corrected chi connectivity index (χ0v) is 16.8. The molecule has 142 valence electrons. The van der Waals surface area contributed by atoms with Gasteiger partial charge in [-0.1, -0.05) is 45.9 Å². The quantitative estimate of drug-likeness (QED) is 0.551. The summed E-state index contributed by atoms with van der Waals surface area (Å²) in [6, 6.07) is 13.5. The van der Waals surface area contributed by atoms with Crippen LogP contribution in [0.4, 0.5) is 0 Å². The highest BCUT2D eigenvalue weighted by molar-refractivity contribution is 8.77. The Labute approximate surface area is 169 Å². The monoisotopic (exact) mass is 412 g/mol. The number of fused-ring (bicyclic) bond motifs is 2. The Morgan fingerprint density at radius 2 is 0.821 bits per heavy atom. The number of carbonyl (C=O) groups excluding carboxylic acids is 4. The highest BCUT2D eigenvalue weighted by Gasteiger charge is 2.41. The van der Waals surface area contributed by atoms with E-state index in [0.29, 0.717) is 22.3 Å². The number of hydrogen-bond acceptors (Lipinski definition) is 6. The summed E-state index contributed by atoms with van der Waals surface area (Å²) in [6.45, 7) is 3.52. The van der Waals surface area contributed by atoms with Crippen molar-refractivity contribution in [1.29, 1.82) is 0 Å². The SMILES string of the molecule is C[C@@H](SS[C@H](C)N1C(=O)c2ccccc2C1=O)N1C(=O)c2ccccc2C1=O. The maximum absolute atomic E-state index is 12.6. The van der Waals surface area contributed by atoms with E-state index in [9.17, 15) is 19.2 Å². The zero-order chi connectivity index (χ0) is 20.0. The molecule has 2 aliphatic rings. The van der Waals surface area contributed by atoms with Crippen LogP contribution in [-0.4, -0.2) is 44.2 Å². The van der Waals surface area contributed by atoms with Gasteiger partial charge in [-0.15, -0.1) is 0 Å². The molecule has 0 aromatic heterocycles. The molecule has 6 nitrogen and oxygen atoms in total. The highest BCUT2D eigenvalue weighted by atomic mass is 33.1. The van der Waals surface area contributed by atoms with Gasteiger partial charge in [-0.25, -0.2) is 0 Å². The third-order valence-electron chi connectivity index (χ3n) is 4.71. The largest absolute Gasteiger partial charge is 0.269 e. The molecule has 0 fully saturated rings. The van der Waals surface area contributed by atoms with Crippen LogP contribution in [0, 0.1) is 0 Å². The van der Waals surface area contributed by atoms with Crippen LogP contribution in [0.25, 0.3) is 0 Å². The van der Waals surface area contributed by atoms with Crippen molar-refractivity contribution in [3.8, 4) is 0 Å². The van der Waals surface area contributed by atoms with Gasteiger partial charge in [0.05, 0.1) is 33.0 Å². The Hall–Kier alpha value is -2.58. The van der Waals surface area contributed by atoms with Crippen molar-refractivity contribution in [3.05, 3.63) is 70.8 Å². The van der Waals surface area contributed by atoms with Crippen LogP contribution in [0.2, 0.25) is 0 Å². The molecule has 0 spiro atoms.